The van der Waals surface area contributed by atoms with Crippen LogP contribution in [-0.2, 0) is 7.05 Å². The van der Waals surface area contributed by atoms with E-state index in [-0.39, 0.29) is 0 Å². The van der Waals surface area contributed by atoms with Gasteiger partial charge in [-0.2, -0.15) is 5.10 Å². The van der Waals surface area contributed by atoms with Crippen molar-refractivity contribution in [3.8, 4) is 11.3 Å². The van der Waals surface area contributed by atoms with Crippen LogP contribution >= 0.6 is 0 Å². The summed E-state index contributed by atoms with van der Waals surface area (Å²) in [5.74, 6) is 0.371. The fourth-order valence-corrected chi connectivity index (χ4v) is 2.43. The number of rotatable bonds is 3. The lowest BCUT2D eigenvalue weighted by atomic mass is 10.1. The first kappa shape index (κ1) is 15.7. The number of benzene rings is 1. The highest BCUT2D eigenvalue weighted by Gasteiger charge is 2.14. The van der Waals surface area contributed by atoms with Crippen LogP contribution in [0.2, 0.25) is 0 Å². The molecule has 1 aromatic carbocycles. The predicted octanol–water partition coefficient (Wildman–Crippen LogP) is 1.64. The number of pyridine rings is 1. The maximum atomic E-state index is 5.69. The Kier molecular flexibility index (Phi) is 4.29. The molecule has 6 nitrogen and oxygen atoms in total. The maximum Gasteiger partial charge on any atom is 0.286 e. The number of nitrogens with zero attached hydrogens (tertiary/aromatic N) is 5. The van der Waals surface area contributed by atoms with Crippen molar-refractivity contribution in [2.24, 2.45) is 23.0 Å². The minimum Gasteiger partial charge on any atom is -0.368 e. The van der Waals surface area contributed by atoms with Crippen LogP contribution in [0.25, 0.3) is 16.9 Å². The first-order valence-electron chi connectivity index (χ1n) is 7.66. The van der Waals surface area contributed by atoms with Gasteiger partial charge in [0.25, 0.3) is 5.65 Å². The van der Waals surface area contributed by atoms with Crippen LogP contribution in [-0.4, -0.2) is 35.7 Å². The van der Waals surface area contributed by atoms with Gasteiger partial charge in [-0.25, -0.2) is 8.97 Å². The van der Waals surface area contributed by atoms with Crippen LogP contribution in [0.5, 0.6) is 0 Å². The fraction of sp³-hybridized carbons (Fsp3) is 0.167. The van der Waals surface area contributed by atoms with E-state index >= 15 is 0 Å². The number of aryl methyl sites for hydroxylation is 1. The molecule has 0 unspecified atom stereocenters. The Labute approximate surface area is 141 Å². The Balaban J connectivity index is 1.85. The van der Waals surface area contributed by atoms with Gasteiger partial charge in [-0.05, 0) is 23.8 Å². The van der Waals surface area contributed by atoms with E-state index in [0.717, 1.165) is 22.5 Å². The second-order valence-electron chi connectivity index (χ2n) is 5.76. The summed E-state index contributed by atoms with van der Waals surface area (Å²) in [5.41, 5.74) is 10.1. The van der Waals surface area contributed by atoms with Crippen molar-refractivity contribution in [3.05, 3.63) is 60.4 Å². The molecule has 2 N–H and O–H groups in total. The third-order valence-corrected chi connectivity index (χ3v) is 3.87. The quantitative estimate of drug-likeness (QED) is 0.345. The topological polar surface area (TPSA) is 63.0 Å². The van der Waals surface area contributed by atoms with E-state index in [0.29, 0.717) is 5.96 Å². The molecule has 0 atom stereocenters. The Morgan fingerprint density at radius 1 is 1.17 bits per heavy atom. The van der Waals surface area contributed by atoms with Gasteiger partial charge >= 0.3 is 0 Å². The summed E-state index contributed by atoms with van der Waals surface area (Å²) < 4.78 is 4.29. The minimum absolute atomic E-state index is 0.371. The molecule has 0 saturated carbocycles. The van der Waals surface area contributed by atoms with E-state index in [1.807, 2.05) is 44.6 Å². The van der Waals surface area contributed by atoms with E-state index < -0.39 is 0 Å². The molecular formula is C18H21N6+. The van der Waals surface area contributed by atoms with Gasteiger partial charge in [0.15, 0.2) is 5.69 Å². The molecule has 0 spiro atoms. The van der Waals surface area contributed by atoms with Gasteiger partial charge in [0, 0.05) is 25.7 Å². The van der Waals surface area contributed by atoms with Crippen molar-refractivity contribution in [1.29, 1.82) is 0 Å². The molecule has 122 valence electrons. The van der Waals surface area contributed by atoms with Gasteiger partial charge < -0.3 is 10.6 Å². The lowest BCUT2D eigenvalue weighted by molar-refractivity contribution is -0.510. The van der Waals surface area contributed by atoms with Crippen LogP contribution in [0.15, 0.2) is 65.1 Å². The van der Waals surface area contributed by atoms with E-state index in [4.69, 9.17) is 5.73 Å². The molecular weight excluding hydrogens is 300 g/mol. The van der Waals surface area contributed by atoms with Crippen molar-refractivity contribution in [2.45, 2.75) is 0 Å². The van der Waals surface area contributed by atoms with Gasteiger partial charge in [-0.1, -0.05) is 18.2 Å². The minimum atomic E-state index is 0.371. The maximum absolute atomic E-state index is 5.69. The zero-order valence-corrected chi connectivity index (χ0v) is 14.1. The zero-order chi connectivity index (χ0) is 17.1. The number of hydrogen-bond acceptors (Lipinski definition) is 2. The number of guanidine groups is 1. The number of nitrogens with two attached hydrogens (primary N) is 1. The number of aromatic nitrogens is 2. The SMILES string of the molecule is CN(C)/C(N)=N/N=C/c1ccc(-c2c[n+]3ccccc3n2C)cc1. The third kappa shape index (κ3) is 3.12. The molecule has 6 heteroatoms. The van der Waals surface area contributed by atoms with Crippen LogP contribution in [0.1, 0.15) is 5.56 Å². The molecule has 0 amide bonds. The second-order valence-corrected chi connectivity index (χ2v) is 5.76. The first-order chi connectivity index (χ1) is 11.6. The first-order valence-corrected chi connectivity index (χ1v) is 7.66. The Morgan fingerprint density at radius 3 is 2.58 bits per heavy atom. The largest absolute Gasteiger partial charge is 0.368 e. The second kappa shape index (κ2) is 6.54. The molecule has 3 rings (SSSR count). The summed E-state index contributed by atoms with van der Waals surface area (Å²) in [6, 6.07) is 14.3. The molecule has 0 fully saturated rings. The summed E-state index contributed by atoms with van der Waals surface area (Å²) in [6.45, 7) is 0. The molecule has 0 aliphatic rings. The normalized spacial score (nSPS) is 12.2. The van der Waals surface area contributed by atoms with Gasteiger partial charge in [0.2, 0.25) is 5.96 Å². The van der Waals surface area contributed by atoms with E-state index in [1.165, 1.54) is 0 Å². The standard InChI is InChI=1S/C18H21N6/c1-22(2)18(19)21-20-12-14-7-9-15(10-8-14)16-13-24-11-5-4-6-17(24)23(16)3/h4-13H,1-3H3,(H2,19,21)/q+1/b20-12+. The van der Waals surface area contributed by atoms with Crippen molar-refractivity contribution in [1.82, 2.24) is 9.47 Å². The highest BCUT2D eigenvalue weighted by atomic mass is 15.3. The molecule has 0 radical (unpaired) electrons. The lowest BCUT2D eigenvalue weighted by Crippen LogP contribution is -2.29. The van der Waals surface area contributed by atoms with Crippen molar-refractivity contribution in [3.63, 3.8) is 0 Å². The van der Waals surface area contributed by atoms with Crippen LogP contribution in [0.3, 0.4) is 0 Å². The molecule has 3 aromatic rings. The number of imidazole rings is 1. The lowest BCUT2D eigenvalue weighted by Gasteiger charge is -2.07. The summed E-state index contributed by atoms with van der Waals surface area (Å²) in [6.07, 6.45) is 5.86. The Morgan fingerprint density at radius 2 is 1.92 bits per heavy atom. The molecule has 0 saturated heterocycles. The van der Waals surface area contributed by atoms with E-state index in [1.54, 1.807) is 11.1 Å². The van der Waals surface area contributed by atoms with Gasteiger partial charge in [-0.15, -0.1) is 5.10 Å². The summed E-state index contributed by atoms with van der Waals surface area (Å²) >= 11 is 0. The van der Waals surface area contributed by atoms with Crippen LogP contribution < -0.4 is 10.1 Å². The van der Waals surface area contributed by atoms with Gasteiger partial charge in [0.05, 0.1) is 19.5 Å². The highest BCUT2D eigenvalue weighted by Crippen LogP contribution is 2.19. The predicted molar refractivity (Wildman–Crippen MR) is 96.9 cm³/mol. The van der Waals surface area contributed by atoms with Crippen molar-refractivity contribution >= 4 is 17.8 Å². The van der Waals surface area contributed by atoms with Gasteiger partial charge in [-0.3, -0.25) is 0 Å². The monoisotopic (exact) mass is 321 g/mol. The van der Waals surface area contributed by atoms with Gasteiger partial charge in [0.1, 0.15) is 6.20 Å². The van der Waals surface area contributed by atoms with Crippen LogP contribution in [0.4, 0.5) is 0 Å². The molecule has 0 bridgehead atoms. The van der Waals surface area contributed by atoms with Crippen molar-refractivity contribution < 1.29 is 4.40 Å². The summed E-state index contributed by atoms with van der Waals surface area (Å²) in [5, 5.41) is 7.93. The molecule has 24 heavy (non-hydrogen) atoms. The van der Waals surface area contributed by atoms with E-state index in [9.17, 15) is 0 Å². The van der Waals surface area contributed by atoms with Crippen molar-refractivity contribution in [2.75, 3.05) is 14.1 Å². The Hall–Kier alpha value is -3.15. The third-order valence-electron chi connectivity index (χ3n) is 3.87. The van der Waals surface area contributed by atoms with Crippen LogP contribution in [0, 0.1) is 0 Å². The fourth-order valence-electron chi connectivity index (χ4n) is 2.43. The molecule has 2 aromatic heterocycles. The smallest absolute Gasteiger partial charge is 0.286 e. The highest BCUT2D eigenvalue weighted by molar-refractivity contribution is 5.82. The van der Waals surface area contributed by atoms with E-state index in [2.05, 4.69) is 50.6 Å². The molecule has 0 aliphatic carbocycles. The molecule has 0 aliphatic heterocycles. The number of hydrogen-bond donors (Lipinski definition) is 1. The number of fused-ring (bicyclic) bond motifs is 1. The average Bonchev–Trinajstić information content (AvgIpc) is 2.92. The Bertz CT molecular complexity index is 903. The summed E-state index contributed by atoms with van der Waals surface area (Å²) in [7, 11) is 5.72. The zero-order valence-electron chi connectivity index (χ0n) is 14.1. The summed E-state index contributed by atoms with van der Waals surface area (Å²) in [4.78, 5) is 1.71. The molecule has 2 heterocycles. The average molecular weight is 321 g/mol.